The van der Waals surface area contributed by atoms with Crippen LogP contribution in [-0.4, -0.2) is 19.2 Å². The number of carbonyl (C=O) groups is 1. The van der Waals surface area contributed by atoms with Crippen molar-refractivity contribution in [1.82, 2.24) is 10.6 Å². The highest BCUT2D eigenvalue weighted by atomic mass is 19.1. The first kappa shape index (κ1) is 17.8. The van der Waals surface area contributed by atoms with Crippen molar-refractivity contribution in [2.24, 2.45) is 0 Å². The molecule has 0 spiro atoms. The van der Waals surface area contributed by atoms with Crippen LogP contribution in [0.2, 0.25) is 0 Å². The summed E-state index contributed by atoms with van der Waals surface area (Å²) in [5.74, 6) is 0.537. The van der Waals surface area contributed by atoms with Crippen molar-refractivity contribution < 1.29 is 13.9 Å². The molecule has 0 aliphatic heterocycles. The molecule has 0 aliphatic carbocycles. The van der Waals surface area contributed by atoms with Crippen molar-refractivity contribution in [3.8, 4) is 5.75 Å². The number of urea groups is 1. The molecule has 2 aromatic rings. The lowest BCUT2D eigenvalue weighted by molar-refractivity contribution is 0.236. The number of benzene rings is 2. The number of rotatable bonds is 6. The van der Waals surface area contributed by atoms with Gasteiger partial charge >= 0.3 is 6.03 Å². The van der Waals surface area contributed by atoms with Gasteiger partial charge in [-0.2, -0.15) is 0 Å². The van der Waals surface area contributed by atoms with Gasteiger partial charge in [0.25, 0.3) is 0 Å². The van der Waals surface area contributed by atoms with Crippen molar-refractivity contribution in [3.05, 3.63) is 64.5 Å². The molecule has 2 N–H and O–H groups in total. The van der Waals surface area contributed by atoms with E-state index in [4.69, 9.17) is 4.74 Å². The molecular weight excluding hydrogens is 307 g/mol. The van der Waals surface area contributed by atoms with Crippen LogP contribution in [0.4, 0.5) is 9.18 Å². The van der Waals surface area contributed by atoms with Gasteiger partial charge in [-0.1, -0.05) is 30.3 Å². The van der Waals surface area contributed by atoms with E-state index in [1.807, 2.05) is 26.8 Å². The Morgan fingerprint density at radius 2 is 1.75 bits per heavy atom. The van der Waals surface area contributed by atoms with E-state index in [1.54, 1.807) is 18.2 Å². The third-order valence-electron chi connectivity index (χ3n) is 3.90. The molecule has 128 valence electrons. The van der Waals surface area contributed by atoms with E-state index in [-0.39, 0.29) is 18.4 Å². The van der Waals surface area contributed by atoms with Crippen LogP contribution < -0.4 is 15.4 Å². The largest absolute Gasteiger partial charge is 0.491 e. The fraction of sp³-hybridized carbons (Fsp3) is 0.316. The number of halogens is 1. The predicted octanol–water partition coefficient (Wildman–Crippen LogP) is 3.63. The quantitative estimate of drug-likeness (QED) is 0.795. The number of ether oxygens (including phenoxy) is 1. The van der Waals surface area contributed by atoms with E-state index in [2.05, 4.69) is 16.7 Å². The standard InChI is InChI=1S/C19H23FN2O2/c1-13-8-9-14(2)18(15(13)3)24-11-10-21-19(23)22-12-16-6-4-5-7-17(16)20/h4-9H,10-12H2,1-3H3,(H2,21,22,23). The molecule has 0 atom stereocenters. The maximum absolute atomic E-state index is 13.5. The lowest BCUT2D eigenvalue weighted by Crippen LogP contribution is -2.37. The Kier molecular flexibility index (Phi) is 6.18. The monoisotopic (exact) mass is 330 g/mol. The van der Waals surface area contributed by atoms with Crippen LogP contribution in [0.5, 0.6) is 5.75 Å². The number of hydrogen-bond donors (Lipinski definition) is 2. The first-order valence-electron chi connectivity index (χ1n) is 7.93. The first-order chi connectivity index (χ1) is 11.5. The van der Waals surface area contributed by atoms with Crippen LogP contribution >= 0.6 is 0 Å². The van der Waals surface area contributed by atoms with Crippen LogP contribution in [0, 0.1) is 26.6 Å². The third kappa shape index (κ3) is 4.72. The number of nitrogens with one attached hydrogen (secondary N) is 2. The molecule has 0 radical (unpaired) electrons. The lowest BCUT2D eigenvalue weighted by Gasteiger charge is -2.14. The average molecular weight is 330 g/mol. The van der Waals surface area contributed by atoms with Crippen LogP contribution in [0.25, 0.3) is 0 Å². The van der Waals surface area contributed by atoms with Crippen molar-refractivity contribution in [3.63, 3.8) is 0 Å². The summed E-state index contributed by atoms with van der Waals surface area (Å²) in [6, 6.07) is 10.1. The van der Waals surface area contributed by atoms with E-state index in [9.17, 15) is 9.18 Å². The van der Waals surface area contributed by atoms with Crippen molar-refractivity contribution >= 4 is 6.03 Å². The fourth-order valence-corrected chi connectivity index (χ4v) is 2.35. The van der Waals surface area contributed by atoms with Gasteiger partial charge in [-0.3, -0.25) is 0 Å². The minimum absolute atomic E-state index is 0.148. The van der Waals surface area contributed by atoms with E-state index in [1.165, 1.54) is 11.6 Å². The number of hydrogen-bond acceptors (Lipinski definition) is 2. The average Bonchev–Trinajstić information content (AvgIpc) is 2.57. The van der Waals surface area contributed by atoms with Gasteiger partial charge in [0, 0.05) is 12.1 Å². The van der Waals surface area contributed by atoms with Crippen LogP contribution in [-0.2, 0) is 6.54 Å². The molecule has 2 aromatic carbocycles. The molecule has 0 saturated carbocycles. The van der Waals surface area contributed by atoms with Gasteiger partial charge in [0.15, 0.2) is 0 Å². The summed E-state index contributed by atoms with van der Waals surface area (Å²) in [6.45, 7) is 6.95. The second-order valence-corrected chi connectivity index (χ2v) is 5.70. The normalized spacial score (nSPS) is 10.3. The van der Waals surface area contributed by atoms with E-state index in [0.29, 0.717) is 18.7 Å². The molecule has 5 heteroatoms. The molecule has 0 aliphatic rings. The summed E-state index contributed by atoms with van der Waals surface area (Å²) in [6.07, 6.45) is 0. The molecule has 2 amide bonds. The summed E-state index contributed by atoms with van der Waals surface area (Å²) >= 11 is 0. The van der Waals surface area contributed by atoms with Crippen LogP contribution in [0.3, 0.4) is 0 Å². The molecule has 0 unspecified atom stereocenters. The SMILES string of the molecule is Cc1ccc(C)c(OCCNC(=O)NCc2ccccc2F)c1C. The Morgan fingerprint density at radius 1 is 1.04 bits per heavy atom. The van der Waals surface area contributed by atoms with Crippen LogP contribution in [0.15, 0.2) is 36.4 Å². The summed E-state index contributed by atoms with van der Waals surface area (Å²) in [5, 5.41) is 5.32. The molecule has 0 aromatic heterocycles. The fourth-order valence-electron chi connectivity index (χ4n) is 2.35. The van der Waals surface area contributed by atoms with Crippen LogP contribution in [0.1, 0.15) is 22.3 Å². The zero-order valence-corrected chi connectivity index (χ0v) is 14.3. The Morgan fingerprint density at radius 3 is 2.50 bits per heavy atom. The van der Waals surface area contributed by atoms with Gasteiger partial charge in [0.1, 0.15) is 18.2 Å². The van der Waals surface area contributed by atoms with Gasteiger partial charge in [-0.05, 0) is 43.5 Å². The molecule has 0 saturated heterocycles. The van der Waals surface area contributed by atoms with Gasteiger partial charge < -0.3 is 15.4 Å². The molecular formula is C19H23FN2O2. The van der Waals surface area contributed by atoms with E-state index < -0.39 is 0 Å². The Bertz CT molecular complexity index is 717. The maximum atomic E-state index is 13.5. The van der Waals surface area contributed by atoms with E-state index >= 15 is 0 Å². The molecule has 4 nitrogen and oxygen atoms in total. The minimum Gasteiger partial charge on any atom is -0.491 e. The summed E-state index contributed by atoms with van der Waals surface area (Å²) < 4.78 is 19.2. The zero-order chi connectivity index (χ0) is 17.5. The second kappa shape index (κ2) is 8.34. The van der Waals surface area contributed by atoms with Gasteiger partial charge in [-0.25, -0.2) is 9.18 Å². The summed E-state index contributed by atoms with van der Waals surface area (Å²) in [5.41, 5.74) is 3.81. The second-order valence-electron chi connectivity index (χ2n) is 5.70. The Hall–Kier alpha value is -2.56. The molecule has 0 bridgehead atoms. The number of aryl methyl sites for hydroxylation is 2. The highest BCUT2D eigenvalue weighted by Gasteiger charge is 2.07. The smallest absolute Gasteiger partial charge is 0.315 e. The molecule has 2 rings (SSSR count). The van der Waals surface area contributed by atoms with Crippen molar-refractivity contribution in [2.75, 3.05) is 13.2 Å². The molecule has 24 heavy (non-hydrogen) atoms. The minimum atomic E-state index is -0.348. The number of carbonyl (C=O) groups excluding carboxylic acids is 1. The Labute approximate surface area is 142 Å². The summed E-state index contributed by atoms with van der Waals surface area (Å²) in [4.78, 5) is 11.7. The highest BCUT2D eigenvalue weighted by molar-refractivity contribution is 5.73. The first-order valence-corrected chi connectivity index (χ1v) is 7.93. The van der Waals surface area contributed by atoms with Gasteiger partial charge in [-0.15, -0.1) is 0 Å². The van der Waals surface area contributed by atoms with Gasteiger partial charge in [0.05, 0.1) is 6.54 Å². The Balaban J connectivity index is 1.74. The molecule has 0 fully saturated rings. The number of amides is 2. The lowest BCUT2D eigenvalue weighted by atomic mass is 10.1. The summed E-state index contributed by atoms with van der Waals surface area (Å²) in [7, 11) is 0. The maximum Gasteiger partial charge on any atom is 0.315 e. The topological polar surface area (TPSA) is 50.4 Å². The third-order valence-corrected chi connectivity index (χ3v) is 3.90. The van der Waals surface area contributed by atoms with Crippen molar-refractivity contribution in [2.45, 2.75) is 27.3 Å². The van der Waals surface area contributed by atoms with E-state index in [0.717, 1.165) is 16.9 Å². The molecule has 0 heterocycles. The van der Waals surface area contributed by atoms with Gasteiger partial charge in [0.2, 0.25) is 0 Å². The zero-order valence-electron chi connectivity index (χ0n) is 14.3. The van der Waals surface area contributed by atoms with Crippen molar-refractivity contribution in [1.29, 1.82) is 0 Å². The predicted molar refractivity (Wildman–Crippen MR) is 92.8 cm³/mol. The highest BCUT2D eigenvalue weighted by Crippen LogP contribution is 2.25.